The lowest BCUT2D eigenvalue weighted by Gasteiger charge is -2.14. The third-order valence-corrected chi connectivity index (χ3v) is 6.49. The number of ether oxygens (including phenoxy) is 1. The van der Waals surface area contributed by atoms with E-state index in [4.69, 9.17) is 10.00 Å². The molecule has 0 aliphatic rings. The van der Waals surface area contributed by atoms with Crippen LogP contribution in [0.15, 0.2) is 60.3 Å². The number of hydrogen-bond donors (Lipinski definition) is 1. The molecule has 0 saturated carbocycles. The maximum Gasteiger partial charge on any atom is 0.267 e. The molecule has 1 aromatic carbocycles. The Hall–Kier alpha value is -4.97. The average Bonchev–Trinajstić information content (AvgIpc) is 3.55. The second kappa shape index (κ2) is 8.67. The number of fused-ring (bicyclic) bond motifs is 1. The molecule has 0 atom stereocenters. The highest BCUT2D eigenvalue weighted by Gasteiger charge is 2.25. The number of pyridine rings is 2. The minimum absolute atomic E-state index is 0.0499. The topological polar surface area (TPSA) is 153 Å². The standard InChI is InChI=1S/C21H13F2N9O3S/c1-35-21-17(6-12(7-24)8-25-21)36(33,34)28-15-4-3-14(22)18(19(15)23)13-2-5-16-20(26-10-31(16)9-13)32-11-27-29-30-32/h2-6,8-11,28H,1H3. The zero-order valence-electron chi connectivity index (χ0n) is 18.2. The van der Waals surface area contributed by atoms with Crippen LogP contribution < -0.4 is 9.46 Å². The Balaban J connectivity index is 1.56. The molecule has 0 spiro atoms. The average molecular weight is 509 g/mol. The number of nitrogens with one attached hydrogen (secondary N) is 1. The van der Waals surface area contributed by atoms with Crippen LogP contribution in [0.25, 0.3) is 22.5 Å². The lowest BCUT2D eigenvalue weighted by atomic mass is 10.1. The molecule has 0 fully saturated rings. The molecule has 5 aromatic rings. The Morgan fingerprint density at radius 2 is 1.97 bits per heavy atom. The van der Waals surface area contributed by atoms with Gasteiger partial charge in [-0.05, 0) is 34.7 Å². The largest absolute Gasteiger partial charge is 0.480 e. The van der Waals surface area contributed by atoms with Gasteiger partial charge in [-0.2, -0.15) is 9.94 Å². The molecule has 0 unspecified atom stereocenters. The number of halogens is 2. The fourth-order valence-electron chi connectivity index (χ4n) is 3.50. The van der Waals surface area contributed by atoms with E-state index in [-0.39, 0.29) is 17.0 Å². The smallest absolute Gasteiger partial charge is 0.267 e. The van der Waals surface area contributed by atoms with Crippen LogP contribution in [0.1, 0.15) is 5.56 Å². The zero-order valence-corrected chi connectivity index (χ0v) is 19.0. The second-order valence-electron chi connectivity index (χ2n) is 7.27. The number of nitriles is 1. The van der Waals surface area contributed by atoms with E-state index in [9.17, 15) is 12.8 Å². The minimum atomic E-state index is -4.47. The number of anilines is 1. The molecule has 0 bridgehead atoms. The normalized spacial score (nSPS) is 11.4. The number of hydrogen-bond acceptors (Lipinski definition) is 9. The van der Waals surface area contributed by atoms with Gasteiger partial charge in [0.05, 0.1) is 29.4 Å². The van der Waals surface area contributed by atoms with Crippen molar-refractivity contribution in [1.82, 2.24) is 34.6 Å². The van der Waals surface area contributed by atoms with E-state index in [1.807, 2.05) is 0 Å². The van der Waals surface area contributed by atoms with E-state index in [0.717, 1.165) is 24.4 Å². The summed E-state index contributed by atoms with van der Waals surface area (Å²) < 4.78 is 66.2. The van der Waals surface area contributed by atoms with Gasteiger partial charge in [-0.25, -0.2) is 27.2 Å². The fourth-order valence-corrected chi connectivity index (χ4v) is 4.71. The molecule has 180 valence electrons. The van der Waals surface area contributed by atoms with Gasteiger partial charge >= 0.3 is 0 Å². The zero-order chi connectivity index (χ0) is 25.4. The van der Waals surface area contributed by atoms with Crippen LogP contribution in [0.4, 0.5) is 14.5 Å². The highest BCUT2D eigenvalue weighted by Crippen LogP contribution is 2.33. The van der Waals surface area contributed by atoms with Crippen molar-refractivity contribution >= 4 is 21.2 Å². The van der Waals surface area contributed by atoms with Crippen molar-refractivity contribution < 1.29 is 21.9 Å². The summed E-state index contributed by atoms with van der Waals surface area (Å²) in [6.45, 7) is 0. The summed E-state index contributed by atoms with van der Waals surface area (Å²) >= 11 is 0. The van der Waals surface area contributed by atoms with E-state index in [2.05, 4.69) is 30.2 Å². The number of tetrazole rings is 1. The first-order chi connectivity index (χ1) is 17.3. The first-order valence-corrected chi connectivity index (χ1v) is 11.5. The highest BCUT2D eigenvalue weighted by atomic mass is 32.2. The van der Waals surface area contributed by atoms with Gasteiger partial charge < -0.3 is 9.14 Å². The number of nitrogens with zero attached hydrogens (tertiary/aromatic N) is 8. The molecule has 5 rings (SSSR count). The summed E-state index contributed by atoms with van der Waals surface area (Å²) in [5.41, 5.74) is -0.363. The first-order valence-electron chi connectivity index (χ1n) is 9.98. The van der Waals surface area contributed by atoms with Crippen molar-refractivity contribution in [1.29, 1.82) is 5.26 Å². The third kappa shape index (κ3) is 3.84. The number of benzene rings is 1. The summed E-state index contributed by atoms with van der Waals surface area (Å²) in [7, 11) is -3.27. The molecule has 0 amide bonds. The van der Waals surface area contributed by atoms with Gasteiger partial charge in [0.1, 0.15) is 24.5 Å². The molecule has 4 aromatic heterocycles. The molecule has 12 nitrogen and oxygen atoms in total. The Bertz CT molecular complexity index is 1760. The van der Waals surface area contributed by atoms with Crippen molar-refractivity contribution in [3.8, 4) is 28.9 Å². The molecule has 15 heteroatoms. The molecule has 0 radical (unpaired) electrons. The summed E-state index contributed by atoms with van der Waals surface area (Å²) in [6, 6.07) is 7.71. The van der Waals surface area contributed by atoms with Gasteiger partial charge in [0.15, 0.2) is 16.5 Å². The maximum atomic E-state index is 15.5. The molecule has 4 heterocycles. The monoisotopic (exact) mass is 509 g/mol. The van der Waals surface area contributed by atoms with Gasteiger partial charge in [-0.1, -0.05) is 6.07 Å². The number of rotatable bonds is 6. The fraction of sp³-hybridized carbons (Fsp3) is 0.0476. The van der Waals surface area contributed by atoms with Crippen LogP contribution in [-0.4, -0.2) is 50.1 Å². The quantitative estimate of drug-likeness (QED) is 0.363. The van der Waals surface area contributed by atoms with Gasteiger partial charge in [-0.3, -0.25) is 4.72 Å². The summed E-state index contributed by atoms with van der Waals surface area (Å²) in [5.74, 6) is -1.97. The van der Waals surface area contributed by atoms with Crippen LogP contribution in [-0.2, 0) is 10.0 Å². The summed E-state index contributed by atoms with van der Waals surface area (Å²) in [6.07, 6.45) is 5.33. The maximum absolute atomic E-state index is 15.5. The summed E-state index contributed by atoms with van der Waals surface area (Å²) in [4.78, 5) is 7.52. The van der Waals surface area contributed by atoms with Gasteiger partial charge in [0.2, 0.25) is 5.88 Å². The van der Waals surface area contributed by atoms with Crippen molar-refractivity contribution in [2.24, 2.45) is 0 Å². The first kappa shape index (κ1) is 22.8. The van der Waals surface area contributed by atoms with Crippen molar-refractivity contribution in [3.05, 3.63) is 72.6 Å². The van der Waals surface area contributed by atoms with Crippen LogP contribution in [0.2, 0.25) is 0 Å². The minimum Gasteiger partial charge on any atom is -0.480 e. The van der Waals surface area contributed by atoms with Crippen molar-refractivity contribution in [2.75, 3.05) is 11.8 Å². The predicted molar refractivity (Wildman–Crippen MR) is 120 cm³/mol. The van der Waals surface area contributed by atoms with Crippen LogP contribution >= 0.6 is 0 Å². The Morgan fingerprint density at radius 3 is 2.69 bits per heavy atom. The Labute approximate surface area is 201 Å². The van der Waals surface area contributed by atoms with Crippen LogP contribution in [0, 0.1) is 23.0 Å². The van der Waals surface area contributed by atoms with Crippen molar-refractivity contribution in [2.45, 2.75) is 4.90 Å². The van der Waals surface area contributed by atoms with Gasteiger partial charge in [0, 0.05) is 18.0 Å². The van der Waals surface area contributed by atoms with E-state index < -0.39 is 37.8 Å². The Kier molecular flexibility index (Phi) is 5.49. The van der Waals surface area contributed by atoms with E-state index in [1.165, 1.54) is 41.1 Å². The van der Waals surface area contributed by atoms with Crippen LogP contribution in [0.3, 0.4) is 0 Å². The Morgan fingerprint density at radius 1 is 1.14 bits per heavy atom. The number of methoxy groups -OCH3 is 1. The molecular formula is C21H13F2N9O3S. The summed E-state index contributed by atoms with van der Waals surface area (Å²) in [5, 5.41) is 20.0. The molecule has 36 heavy (non-hydrogen) atoms. The van der Waals surface area contributed by atoms with E-state index in [1.54, 1.807) is 12.1 Å². The predicted octanol–water partition coefficient (Wildman–Crippen LogP) is 2.33. The lowest BCUT2D eigenvalue weighted by Crippen LogP contribution is -2.16. The van der Waals surface area contributed by atoms with E-state index >= 15 is 4.39 Å². The van der Waals surface area contributed by atoms with Gasteiger partial charge in [0.25, 0.3) is 10.0 Å². The molecular weight excluding hydrogens is 496 g/mol. The molecule has 0 saturated heterocycles. The van der Waals surface area contributed by atoms with Crippen LogP contribution in [0.5, 0.6) is 5.88 Å². The molecule has 1 N–H and O–H groups in total. The van der Waals surface area contributed by atoms with Crippen molar-refractivity contribution in [3.63, 3.8) is 0 Å². The number of aromatic nitrogens is 7. The number of imidazole rings is 1. The third-order valence-electron chi connectivity index (χ3n) is 5.13. The highest BCUT2D eigenvalue weighted by molar-refractivity contribution is 7.92. The lowest BCUT2D eigenvalue weighted by molar-refractivity contribution is 0.385. The SMILES string of the molecule is COc1ncc(C#N)cc1S(=O)(=O)Nc1ccc(F)c(-c2ccc3c(-n4cnnn4)ncn3c2)c1F. The molecule has 0 aliphatic carbocycles. The second-order valence-corrected chi connectivity index (χ2v) is 8.92. The van der Waals surface area contributed by atoms with Gasteiger partial charge in [-0.15, -0.1) is 5.10 Å². The number of sulfonamides is 1. The van der Waals surface area contributed by atoms with E-state index in [0.29, 0.717) is 11.3 Å². The molecule has 0 aliphatic heterocycles.